The summed E-state index contributed by atoms with van der Waals surface area (Å²) >= 11 is 4.65. The highest BCUT2D eigenvalue weighted by molar-refractivity contribution is 9.10. The molecule has 1 aromatic carbocycles. The predicted octanol–water partition coefficient (Wildman–Crippen LogP) is 0.989. The first kappa shape index (κ1) is 14.3. The van der Waals surface area contributed by atoms with Gasteiger partial charge in [0.15, 0.2) is 5.84 Å². The Bertz CT molecular complexity index is 415. The molecule has 1 aromatic rings. The molecular weight excluding hydrogens is 308 g/mol. The van der Waals surface area contributed by atoms with Gasteiger partial charge in [-0.05, 0) is 18.2 Å². The Morgan fingerprint density at radius 1 is 1.53 bits per heavy atom. The van der Waals surface area contributed by atoms with Crippen LogP contribution >= 0.6 is 27.7 Å². The van der Waals surface area contributed by atoms with E-state index in [1.165, 1.54) is 11.8 Å². The number of nitrogens with two attached hydrogens (primary N) is 1. The Morgan fingerprint density at radius 3 is 2.82 bits per heavy atom. The van der Waals surface area contributed by atoms with Gasteiger partial charge in [0, 0.05) is 20.7 Å². The Balaban J connectivity index is 2.91. The number of aliphatic hydroxyl groups excluding tert-OH is 2. The van der Waals surface area contributed by atoms with Crippen LogP contribution in [0.15, 0.2) is 32.7 Å². The summed E-state index contributed by atoms with van der Waals surface area (Å²) in [5.74, 6) is 0.344. The van der Waals surface area contributed by atoms with E-state index in [0.717, 1.165) is 9.37 Å². The van der Waals surface area contributed by atoms with Crippen molar-refractivity contribution in [2.75, 3.05) is 12.4 Å². The van der Waals surface area contributed by atoms with E-state index in [2.05, 4.69) is 21.1 Å². The number of amidine groups is 1. The summed E-state index contributed by atoms with van der Waals surface area (Å²) < 4.78 is 0.855. The van der Waals surface area contributed by atoms with Crippen LogP contribution in [-0.4, -0.2) is 39.7 Å². The van der Waals surface area contributed by atoms with Crippen LogP contribution in [0.3, 0.4) is 0 Å². The lowest BCUT2D eigenvalue weighted by Crippen LogP contribution is -2.17. The van der Waals surface area contributed by atoms with Gasteiger partial charge in [-0.3, -0.25) is 0 Å². The monoisotopic (exact) mass is 320 g/mol. The summed E-state index contributed by atoms with van der Waals surface area (Å²) in [6.07, 6.45) is -0.792. The van der Waals surface area contributed by atoms with Crippen molar-refractivity contribution in [1.82, 2.24) is 0 Å². The first-order valence-corrected chi connectivity index (χ1v) is 6.55. The molecule has 17 heavy (non-hydrogen) atoms. The molecule has 0 bridgehead atoms. The smallest absolute Gasteiger partial charge is 0.171 e. The number of benzene rings is 1. The van der Waals surface area contributed by atoms with Gasteiger partial charge in [0.05, 0.1) is 12.7 Å². The van der Waals surface area contributed by atoms with Crippen molar-refractivity contribution in [2.45, 2.75) is 11.0 Å². The maximum atomic E-state index is 9.28. The largest absolute Gasteiger partial charge is 0.409 e. The highest BCUT2D eigenvalue weighted by atomic mass is 79.9. The molecule has 0 heterocycles. The number of rotatable bonds is 5. The van der Waals surface area contributed by atoms with Gasteiger partial charge in [-0.15, -0.1) is 11.8 Å². The fourth-order valence-corrected chi connectivity index (χ4v) is 2.65. The molecule has 7 heteroatoms. The van der Waals surface area contributed by atoms with Crippen LogP contribution in [0, 0.1) is 0 Å². The highest BCUT2D eigenvalue weighted by Crippen LogP contribution is 2.27. The van der Waals surface area contributed by atoms with Crippen LogP contribution in [0.25, 0.3) is 0 Å². The number of hydrogen-bond donors (Lipinski definition) is 4. The summed E-state index contributed by atoms with van der Waals surface area (Å²) in [6, 6.07) is 5.30. The summed E-state index contributed by atoms with van der Waals surface area (Å²) in [5, 5.41) is 29.6. The third-order valence-electron chi connectivity index (χ3n) is 1.97. The second kappa shape index (κ2) is 6.85. The van der Waals surface area contributed by atoms with Crippen LogP contribution in [0.2, 0.25) is 0 Å². The Kier molecular flexibility index (Phi) is 5.76. The minimum atomic E-state index is -0.792. The van der Waals surface area contributed by atoms with E-state index < -0.39 is 6.10 Å². The van der Waals surface area contributed by atoms with Crippen molar-refractivity contribution in [3.63, 3.8) is 0 Å². The molecule has 5 N–H and O–H groups in total. The van der Waals surface area contributed by atoms with Gasteiger partial charge >= 0.3 is 0 Å². The zero-order valence-electron chi connectivity index (χ0n) is 8.88. The topological polar surface area (TPSA) is 99.1 Å². The standard InChI is InChI=1S/C10H13BrN2O3S/c11-6-1-2-8(10(12)13-16)9(3-6)17-5-7(15)4-14/h1-3,7,14-16H,4-5H2,(H2,12,13). The van der Waals surface area contributed by atoms with Crippen molar-refractivity contribution in [2.24, 2.45) is 10.9 Å². The summed E-state index contributed by atoms with van der Waals surface area (Å²) in [4.78, 5) is 0.766. The van der Waals surface area contributed by atoms with Crippen LogP contribution in [0.1, 0.15) is 5.56 Å². The average Bonchev–Trinajstić information content (AvgIpc) is 2.35. The molecule has 94 valence electrons. The Labute approximate surface area is 111 Å². The minimum Gasteiger partial charge on any atom is -0.409 e. The third-order valence-corrected chi connectivity index (χ3v) is 3.66. The van der Waals surface area contributed by atoms with Gasteiger partial charge in [-0.2, -0.15) is 0 Å². The molecule has 1 unspecified atom stereocenters. The third kappa shape index (κ3) is 4.19. The van der Waals surface area contributed by atoms with E-state index >= 15 is 0 Å². The lowest BCUT2D eigenvalue weighted by atomic mass is 10.2. The molecule has 0 saturated carbocycles. The second-order valence-electron chi connectivity index (χ2n) is 3.27. The van der Waals surface area contributed by atoms with Gasteiger partial charge in [0.1, 0.15) is 0 Å². The van der Waals surface area contributed by atoms with Crippen LogP contribution < -0.4 is 5.73 Å². The summed E-state index contributed by atoms with van der Waals surface area (Å²) in [7, 11) is 0. The predicted molar refractivity (Wildman–Crippen MR) is 70.5 cm³/mol. The van der Waals surface area contributed by atoms with Gasteiger partial charge in [-0.25, -0.2) is 0 Å². The van der Waals surface area contributed by atoms with E-state index in [1.54, 1.807) is 12.1 Å². The molecule has 0 saturated heterocycles. The molecule has 0 radical (unpaired) electrons. The molecule has 0 amide bonds. The maximum absolute atomic E-state index is 9.28. The van der Waals surface area contributed by atoms with E-state index in [4.69, 9.17) is 16.0 Å². The average molecular weight is 321 g/mol. The normalized spacial score (nSPS) is 13.7. The minimum absolute atomic E-state index is 0.0125. The molecule has 0 aliphatic rings. The Morgan fingerprint density at radius 2 is 2.24 bits per heavy atom. The van der Waals surface area contributed by atoms with Crippen molar-refractivity contribution >= 4 is 33.5 Å². The molecule has 0 aliphatic heterocycles. The number of nitrogens with zero attached hydrogens (tertiary/aromatic N) is 1. The molecular formula is C10H13BrN2O3S. The quantitative estimate of drug-likeness (QED) is 0.213. The van der Waals surface area contributed by atoms with E-state index in [9.17, 15) is 5.11 Å². The molecule has 0 aliphatic carbocycles. The molecule has 0 aromatic heterocycles. The van der Waals surface area contributed by atoms with Crippen LogP contribution in [0.5, 0.6) is 0 Å². The molecule has 1 atom stereocenters. The number of oxime groups is 1. The first-order valence-electron chi connectivity index (χ1n) is 4.77. The van der Waals surface area contributed by atoms with Gasteiger partial charge < -0.3 is 21.2 Å². The molecule has 1 rings (SSSR count). The van der Waals surface area contributed by atoms with E-state index in [-0.39, 0.29) is 12.4 Å². The maximum Gasteiger partial charge on any atom is 0.171 e. The van der Waals surface area contributed by atoms with Crippen molar-refractivity contribution in [3.05, 3.63) is 28.2 Å². The zero-order chi connectivity index (χ0) is 12.8. The van der Waals surface area contributed by atoms with Crippen molar-refractivity contribution < 1.29 is 15.4 Å². The fourth-order valence-electron chi connectivity index (χ4n) is 1.12. The fraction of sp³-hybridized carbons (Fsp3) is 0.300. The summed E-state index contributed by atoms with van der Waals surface area (Å²) in [6.45, 7) is -0.292. The number of hydrogen-bond acceptors (Lipinski definition) is 5. The summed E-state index contributed by atoms with van der Waals surface area (Å²) in [5.41, 5.74) is 6.13. The number of thioether (sulfide) groups is 1. The first-order chi connectivity index (χ1) is 8.08. The van der Waals surface area contributed by atoms with Gasteiger partial charge in [0.2, 0.25) is 0 Å². The van der Waals surface area contributed by atoms with Gasteiger partial charge in [0.25, 0.3) is 0 Å². The van der Waals surface area contributed by atoms with Crippen LogP contribution in [0.4, 0.5) is 0 Å². The van der Waals surface area contributed by atoms with Gasteiger partial charge in [-0.1, -0.05) is 21.1 Å². The number of aliphatic hydroxyl groups is 2. The second-order valence-corrected chi connectivity index (χ2v) is 5.25. The van der Waals surface area contributed by atoms with E-state index in [1.807, 2.05) is 6.07 Å². The highest BCUT2D eigenvalue weighted by Gasteiger charge is 2.10. The van der Waals surface area contributed by atoms with Crippen LogP contribution in [-0.2, 0) is 0 Å². The lowest BCUT2D eigenvalue weighted by molar-refractivity contribution is 0.113. The van der Waals surface area contributed by atoms with Crippen molar-refractivity contribution in [3.8, 4) is 0 Å². The SMILES string of the molecule is N/C(=N/O)c1ccc(Br)cc1SCC(O)CO. The van der Waals surface area contributed by atoms with Crippen molar-refractivity contribution in [1.29, 1.82) is 0 Å². The van der Waals surface area contributed by atoms with E-state index in [0.29, 0.717) is 11.3 Å². The number of halogens is 1. The zero-order valence-corrected chi connectivity index (χ0v) is 11.3. The Hall–Kier alpha value is -0.760. The molecule has 5 nitrogen and oxygen atoms in total. The molecule has 0 fully saturated rings. The molecule has 0 spiro atoms. The lowest BCUT2D eigenvalue weighted by Gasteiger charge is -2.10.